The van der Waals surface area contributed by atoms with Gasteiger partial charge in [0.1, 0.15) is 11.5 Å². The molecule has 0 aliphatic rings. The van der Waals surface area contributed by atoms with Crippen LogP contribution in [0.25, 0.3) is 0 Å². The van der Waals surface area contributed by atoms with Crippen molar-refractivity contribution in [2.75, 3.05) is 19.0 Å². The van der Waals surface area contributed by atoms with Gasteiger partial charge < -0.3 is 14.8 Å². The summed E-state index contributed by atoms with van der Waals surface area (Å²) in [5, 5.41) is 2.70. The van der Waals surface area contributed by atoms with E-state index in [9.17, 15) is 9.59 Å². The van der Waals surface area contributed by atoms with Gasteiger partial charge in [-0.2, -0.15) is 0 Å². The summed E-state index contributed by atoms with van der Waals surface area (Å²) in [4.78, 5) is 23.2. The number of nitrogens with two attached hydrogens (primary N) is 1. The van der Waals surface area contributed by atoms with E-state index in [0.29, 0.717) is 22.7 Å². The van der Waals surface area contributed by atoms with Gasteiger partial charge in [-0.1, -0.05) is 12.1 Å². The van der Waals surface area contributed by atoms with E-state index in [1.54, 1.807) is 42.5 Å². The lowest BCUT2D eigenvalue weighted by Crippen LogP contribution is -2.29. The minimum Gasteiger partial charge on any atom is -0.495 e. The number of nitrogen functional groups attached to an aromatic ring is 1. The molecule has 0 saturated carbocycles. The second kappa shape index (κ2) is 7.81. The van der Waals surface area contributed by atoms with Crippen LogP contribution >= 0.6 is 0 Å². The average Bonchev–Trinajstić information content (AvgIpc) is 2.60. The van der Waals surface area contributed by atoms with E-state index in [0.717, 1.165) is 0 Å². The van der Waals surface area contributed by atoms with Crippen LogP contribution in [0.4, 0.5) is 5.69 Å². The van der Waals surface area contributed by atoms with Gasteiger partial charge in [0.15, 0.2) is 6.61 Å². The summed E-state index contributed by atoms with van der Waals surface area (Å²) >= 11 is 0. The van der Waals surface area contributed by atoms with Gasteiger partial charge in [0.05, 0.1) is 12.8 Å². The molecule has 0 saturated heterocycles. The van der Waals surface area contributed by atoms with Crippen molar-refractivity contribution in [3.05, 3.63) is 54.1 Å². The normalized spacial score (nSPS) is 9.83. The molecule has 0 radical (unpaired) electrons. The van der Waals surface area contributed by atoms with Crippen molar-refractivity contribution < 1.29 is 19.1 Å². The van der Waals surface area contributed by atoms with Crippen molar-refractivity contribution in [3.8, 4) is 11.5 Å². The van der Waals surface area contributed by atoms with Crippen molar-refractivity contribution >= 4 is 17.5 Å². The predicted molar refractivity (Wildman–Crippen MR) is 85.2 cm³/mol. The molecule has 4 N–H and O–H groups in total. The molecule has 0 aromatic heterocycles. The van der Waals surface area contributed by atoms with Gasteiger partial charge in [0.25, 0.3) is 11.8 Å². The number of carbonyl (C=O) groups is 2. The Hall–Kier alpha value is -3.06. The van der Waals surface area contributed by atoms with Gasteiger partial charge in [-0.15, -0.1) is 0 Å². The van der Waals surface area contributed by atoms with Gasteiger partial charge in [-0.25, -0.2) is 5.84 Å². The van der Waals surface area contributed by atoms with Crippen LogP contribution in [0.1, 0.15) is 10.4 Å². The zero-order valence-electron chi connectivity index (χ0n) is 12.5. The highest BCUT2D eigenvalue weighted by molar-refractivity contribution is 5.94. The van der Waals surface area contributed by atoms with E-state index in [-0.39, 0.29) is 12.5 Å². The first kappa shape index (κ1) is 16.3. The summed E-state index contributed by atoms with van der Waals surface area (Å²) in [6.07, 6.45) is 0. The maximum atomic E-state index is 11.9. The largest absolute Gasteiger partial charge is 0.495 e. The Labute approximate surface area is 133 Å². The Balaban J connectivity index is 1.90. The zero-order chi connectivity index (χ0) is 16.7. The molecule has 23 heavy (non-hydrogen) atoms. The fourth-order valence-corrected chi connectivity index (χ4v) is 1.87. The molecule has 120 valence electrons. The van der Waals surface area contributed by atoms with Crippen molar-refractivity contribution in [1.29, 1.82) is 0 Å². The third-order valence-corrected chi connectivity index (χ3v) is 3.00. The third-order valence-electron chi connectivity index (χ3n) is 3.00. The Morgan fingerprint density at radius 3 is 2.43 bits per heavy atom. The molecule has 2 aromatic rings. The molecule has 2 amide bonds. The number of carbonyl (C=O) groups excluding carboxylic acids is 2. The molecule has 0 unspecified atom stereocenters. The Bertz CT molecular complexity index is 686. The second-order valence-corrected chi connectivity index (χ2v) is 4.53. The molecule has 7 heteroatoms. The standard InChI is InChI=1S/C16H17N3O4/c1-22-14-5-3-2-4-13(14)18-15(20)10-23-12-8-6-11(7-9-12)16(21)19-17/h2-9H,10,17H2,1H3,(H,18,20)(H,19,21). The molecule has 7 nitrogen and oxygen atoms in total. The first-order valence-electron chi connectivity index (χ1n) is 6.80. The molecule has 0 bridgehead atoms. The average molecular weight is 315 g/mol. The van der Waals surface area contributed by atoms with Gasteiger partial charge >= 0.3 is 0 Å². The van der Waals surface area contributed by atoms with Gasteiger partial charge in [0.2, 0.25) is 0 Å². The lowest BCUT2D eigenvalue weighted by Gasteiger charge is -2.10. The van der Waals surface area contributed by atoms with Gasteiger partial charge in [0, 0.05) is 5.56 Å². The summed E-state index contributed by atoms with van der Waals surface area (Å²) in [6.45, 7) is -0.166. The highest BCUT2D eigenvalue weighted by Gasteiger charge is 2.08. The monoisotopic (exact) mass is 315 g/mol. The highest BCUT2D eigenvalue weighted by atomic mass is 16.5. The van der Waals surface area contributed by atoms with E-state index < -0.39 is 5.91 Å². The fraction of sp³-hybridized carbons (Fsp3) is 0.125. The first-order valence-corrected chi connectivity index (χ1v) is 6.80. The topological polar surface area (TPSA) is 103 Å². The summed E-state index contributed by atoms with van der Waals surface area (Å²) in [5.41, 5.74) is 3.00. The SMILES string of the molecule is COc1ccccc1NC(=O)COc1ccc(C(=O)NN)cc1. The maximum absolute atomic E-state index is 11.9. The second-order valence-electron chi connectivity index (χ2n) is 4.53. The molecule has 0 heterocycles. The molecule has 0 spiro atoms. The quantitative estimate of drug-likeness (QED) is 0.424. The van der Waals surface area contributed by atoms with Crippen molar-refractivity contribution in [2.24, 2.45) is 5.84 Å². The van der Waals surface area contributed by atoms with Crippen LogP contribution in [0, 0.1) is 0 Å². The number of para-hydroxylation sites is 2. The maximum Gasteiger partial charge on any atom is 0.265 e. The lowest BCUT2D eigenvalue weighted by atomic mass is 10.2. The van der Waals surface area contributed by atoms with Crippen LogP contribution in [-0.2, 0) is 4.79 Å². The molecule has 2 rings (SSSR count). The smallest absolute Gasteiger partial charge is 0.265 e. The predicted octanol–water partition coefficient (Wildman–Crippen LogP) is 1.32. The molecular weight excluding hydrogens is 298 g/mol. The van der Waals surface area contributed by atoms with Crippen LogP contribution < -0.4 is 26.1 Å². The summed E-state index contributed by atoms with van der Waals surface area (Å²) in [7, 11) is 1.53. The van der Waals surface area contributed by atoms with Crippen LogP contribution in [0.2, 0.25) is 0 Å². The molecule has 0 aliphatic carbocycles. The number of anilines is 1. The third kappa shape index (κ3) is 4.45. The summed E-state index contributed by atoms with van der Waals surface area (Å²) in [6, 6.07) is 13.4. The number of rotatable bonds is 6. The van der Waals surface area contributed by atoms with Crippen LogP contribution in [-0.4, -0.2) is 25.5 Å². The number of hydrogen-bond donors (Lipinski definition) is 3. The Morgan fingerprint density at radius 2 is 1.78 bits per heavy atom. The molecular formula is C16H17N3O4. The Kier molecular flexibility index (Phi) is 5.54. The van der Waals surface area contributed by atoms with E-state index in [2.05, 4.69) is 5.32 Å². The molecule has 0 aliphatic heterocycles. The van der Waals surface area contributed by atoms with Crippen LogP contribution in [0.3, 0.4) is 0 Å². The highest BCUT2D eigenvalue weighted by Crippen LogP contribution is 2.22. The Morgan fingerprint density at radius 1 is 1.09 bits per heavy atom. The van der Waals surface area contributed by atoms with E-state index in [1.807, 2.05) is 11.5 Å². The van der Waals surface area contributed by atoms with Crippen LogP contribution in [0.15, 0.2) is 48.5 Å². The molecule has 0 fully saturated rings. The molecule has 0 atom stereocenters. The fourth-order valence-electron chi connectivity index (χ4n) is 1.87. The van der Waals surface area contributed by atoms with E-state index in [4.69, 9.17) is 15.3 Å². The minimum absolute atomic E-state index is 0.166. The molecule has 2 aromatic carbocycles. The number of hydrogen-bond acceptors (Lipinski definition) is 5. The van der Waals surface area contributed by atoms with Gasteiger partial charge in [-0.3, -0.25) is 15.0 Å². The minimum atomic E-state index is -0.398. The summed E-state index contributed by atoms with van der Waals surface area (Å²) in [5.74, 6) is 5.36. The van der Waals surface area contributed by atoms with Crippen molar-refractivity contribution in [2.45, 2.75) is 0 Å². The van der Waals surface area contributed by atoms with E-state index >= 15 is 0 Å². The number of amides is 2. The first-order chi connectivity index (χ1) is 11.1. The number of nitrogens with one attached hydrogen (secondary N) is 2. The van der Waals surface area contributed by atoms with Crippen molar-refractivity contribution in [1.82, 2.24) is 5.43 Å². The number of ether oxygens (including phenoxy) is 2. The van der Waals surface area contributed by atoms with Crippen molar-refractivity contribution in [3.63, 3.8) is 0 Å². The zero-order valence-corrected chi connectivity index (χ0v) is 12.5. The number of methoxy groups -OCH3 is 1. The van der Waals surface area contributed by atoms with Gasteiger partial charge in [-0.05, 0) is 36.4 Å². The van der Waals surface area contributed by atoms with E-state index in [1.165, 1.54) is 7.11 Å². The number of benzene rings is 2. The lowest BCUT2D eigenvalue weighted by molar-refractivity contribution is -0.118. The summed E-state index contributed by atoms with van der Waals surface area (Å²) < 4.78 is 10.5. The van der Waals surface area contributed by atoms with Crippen LogP contribution in [0.5, 0.6) is 11.5 Å². The number of hydrazine groups is 1.